The molecule has 0 saturated carbocycles. The second-order valence-corrected chi connectivity index (χ2v) is 11.2. The highest BCUT2D eigenvalue weighted by Gasteiger charge is 2.33. The summed E-state index contributed by atoms with van der Waals surface area (Å²) in [6.45, 7) is 7.03. The molecule has 1 fully saturated rings. The van der Waals surface area contributed by atoms with Gasteiger partial charge in [-0.1, -0.05) is 23.2 Å². The van der Waals surface area contributed by atoms with E-state index < -0.39 is 0 Å². The van der Waals surface area contributed by atoms with Gasteiger partial charge in [0.2, 0.25) is 5.95 Å². The molecule has 204 valence electrons. The van der Waals surface area contributed by atoms with Crippen molar-refractivity contribution < 1.29 is 14.5 Å². The Hall–Kier alpha value is -3.20. The number of hydrogen-bond acceptors (Lipinski definition) is 6. The Bertz CT molecular complexity index is 1510. The Balaban J connectivity index is 1.52. The molecule has 1 aromatic heterocycles. The number of aliphatic hydroxyl groups is 1. The van der Waals surface area contributed by atoms with Crippen molar-refractivity contribution >= 4 is 46.5 Å². The molecule has 39 heavy (non-hydrogen) atoms. The van der Waals surface area contributed by atoms with Crippen molar-refractivity contribution in [1.82, 2.24) is 9.55 Å². The maximum absolute atomic E-state index is 13.9. The molecule has 0 radical (unpaired) electrons. The first-order chi connectivity index (χ1) is 18.7. The van der Waals surface area contributed by atoms with Crippen LogP contribution in [0.1, 0.15) is 55.2 Å². The summed E-state index contributed by atoms with van der Waals surface area (Å²) in [6, 6.07) is 12.8. The third-order valence-electron chi connectivity index (χ3n) is 7.32. The van der Waals surface area contributed by atoms with E-state index in [1.807, 2.05) is 45.0 Å². The van der Waals surface area contributed by atoms with Crippen LogP contribution in [0.3, 0.4) is 0 Å². The molecule has 2 aromatic carbocycles. The average molecular weight is 570 g/mol. The van der Waals surface area contributed by atoms with Gasteiger partial charge in [-0.2, -0.15) is 4.58 Å². The molecule has 1 amide bonds. The summed E-state index contributed by atoms with van der Waals surface area (Å²) in [4.78, 5) is 34.4. The first kappa shape index (κ1) is 27.4. The van der Waals surface area contributed by atoms with Crippen LogP contribution in [-0.2, 0) is 13.0 Å². The molecule has 1 unspecified atom stereocenters. The number of anilines is 2. The van der Waals surface area contributed by atoms with Gasteiger partial charge in [0.25, 0.3) is 5.56 Å². The summed E-state index contributed by atoms with van der Waals surface area (Å²) in [7, 11) is 0. The fourth-order valence-corrected chi connectivity index (χ4v) is 5.63. The zero-order valence-corrected chi connectivity index (χ0v) is 23.8. The Morgan fingerprint density at radius 2 is 1.87 bits per heavy atom. The lowest BCUT2D eigenvalue weighted by Gasteiger charge is -2.26. The normalized spacial score (nSPS) is 17.1. The van der Waals surface area contributed by atoms with E-state index in [1.165, 1.54) is 0 Å². The molecule has 2 N–H and O–H groups in total. The maximum Gasteiger partial charge on any atom is 0.419 e. The Labute approximate surface area is 237 Å². The SMILES string of the molecule is CC1=[N+](C(=O)c2ccc(Cl)c(Cl)c2)Cc2nc(NC(C)C)n(-c3ccc(N4CCCC4CO)cc3)c(=O)c2C1. The van der Waals surface area contributed by atoms with Crippen molar-refractivity contribution in [1.29, 1.82) is 0 Å². The molecule has 5 rings (SSSR count). The third-order valence-corrected chi connectivity index (χ3v) is 8.06. The number of carbonyl (C=O) groups is 1. The van der Waals surface area contributed by atoms with Crippen LogP contribution in [-0.4, -0.2) is 56.1 Å². The molecule has 0 aliphatic carbocycles. The molecule has 3 aromatic rings. The van der Waals surface area contributed by atoms with E-state index >= 15 is 0 Å². The van der Waals surface area contributed by atoms with E-state index in [0.717, 1.165) is 30.8 Å². The highest BCUT2D eigenvalue weighted by molar-refractivity contribution is 6.42. The zero-order valence-electron chi connectivity index (χ0n) is 22.2. The summed E-state index contributed by atoms with van der Waals surface area (Å²) in [5.74, 6) is 0.206. The largest absolute Gasteiger partial charge is 0.419 e. The molecular formula is C29H32Cl2N5O3+. The van der Waals surface area contributed by atoms with Crippen molar-refractivity contribution in [2.45, 2.75) is 58.7 Å². The standard InChI is InChI=1S/C29H31Cl2N5O3/c1-17(2)32-29-33-26-15-35(27(38)19-6-11-24(30)25(31)14-19)18(3)13-23(26)28(39)36(29)21-9-7-20(8-10-21)34-12-4-5-22(34)16-37/h6-11,14,17,22,37H,4-5,12-13,15-16H2,1-3H3/p+1. The van der Waals surface area contributed by atoms with Crippen LogP contribution in [0.2, 0.25) is 10.0 Å². The number of fused-ring (bicyclic) bond motifs is 1. The van der Waals surface area contributed by atoms with Crippen LogP contribution in [0.5, 0.6) is 0 Å². The van der Waals surface area contributed by atoms with E-state index in [1.54, 1.807) is 27.3 Å². The number of nitrogens with one attached hydrogen (secondary N) is 1. The van der Waals surface area contributed by atoms with E-state index in [4.69, 9.17) is 28.2 Å². The maximum atomic E-state index is 13.9. The second kappa shape index (κ2) is 11.1. The zero-order chi connectivity index (χ0) is 27.8. The quantitative estimate of drug-likeness (QED) is 0.419. The molecule has 0 spiro atoms. The van der Waals surface area contributed by atoms with Gasteiger partial charge in [-0.25, -0.2) is 14.3 Å². The van der Waals surface area contributed by atoms with Crippen molar-refractivity contribution in [3.63, 3.8) is 0 Å². The van der Waals surface area contributed by atoms with Crippen LogP contribution in [0.15, 0.2) is 47.3 Å². The van der Waals surface area contributed by atoms with Gasteiger partial charge in [0.05, 0.1) is 45.9 Å². The summed E-state index contributed by atoms with van der Waals surface area (Å²) in [6.07, 6.45) is 2.32. The first-order valence-electron chi connectivity index (χ1n) is 13.2. The molecule has 8 nitrogen and oxygen atoms in total. The molecule has 1 saturated heterocycles. The fourth-order valence-electron chi connectivity index (χ4n) is 5.33. The van der Waals surface area contributed by atoms with Gasteiger partial charge in [-0.3, -0.25) is 4.79 Å². The van der Waals surface area contributed by atoms with E-state index in [0.29, 0.717) is 44.9 Å². The smallest absolute Gasteiger partial charge is 0.394 e. The third kappa shape index (κ3) is 5.33. The minimum atomic E-state index is -0.222. The number of halogens is 2. The van der Waals surface area contributed by atoms with Gasteiger partial charge >= 0.3 is 5.91 Å². The summed E-state index contributed by atoms with van der Waals surface area (Å²) < 4.78 is 3.25. The monoisotopic (exact) mass is 568 g/mol. The molecule has 2 aliphatic rings. The fraction of sp³-hybridized carbons (Fsp3) is 0.379. The van der Waals surface area contributed by atoms with Crippen molar-refractivity contribution in [2.75, 3.05) is 23.4 Å². The number of rotatable bonds is 6. The highest BCUT2D eigenvalue weighted by Crippen LogP contribution is 2.28. The number of aliphatic hydroxyl groups excluding tert-OH is 1. The predicted octanol–water partition coefficient (Wildman–Crippen LogP) is 4.69. The van der Waals surface area contributed by atoms with Crippen molar-refractivity contribution in [2.24, 2.45) is 0 Å². The number of amides is 1. The summed E-state index contributed by atoms with van der Waals surface area (Å²) >= 11 is 12.2. The number of nitrogens with zero attached hydrogens (tertiary/aromatic N) is 4. The topological polar surface area (TPSA) is 90.5 Å². The lowest BCUT2D eigenvalue weighted by molar-refractivity contribution is -0.450. The molecule has 10 heteroatoms. The molecule has 0 bridgehead atoms. The van der Waals surface area contributed by atoms with Gasteiger partial charge in [0, 0.05) is 25.2 Å². The van der Waals surface area contributed by atoms with Gasteiger partial charge in [0.1, 0.15) is 5.69 Å². The van der Waals surface area contributed by atoms with Gasteiger partial charge < -0.3 is 15.3 Å². The number of benzene rings is 2. The lowest BCUT2D eigenvalue weighted by atomic mass is 10.0. The number of aromatic nitrogens is 2. The van der Waals surface area contributed by atoms with Gasteiger partial charge in [-0.15, -0.1) is 0 Å². The molecule has 3 heterocycles. The Morgan fingerprint density at radius 1 is 1.15 bits per heavy atom. The predicted molar refractivity (Wildman–Crippen MR) is 155 cm³/mol. The van der Waals surface area contributed by atoms with Crippen molar-refractivity contribution in [3.05, 3.63) is 79.7 Å². The molecule has 2 aliphatic heterocycles. The Morgan fingerprint density at radius 3 is 2.54 bits per heavy atom. The van der Waals surface area contributed by atoms with Crippen molar-refractivity contribution in [3.8, 4) is 5.69 Å². The average Bonchev–Trinajstić information content (AvgIpc) is 3.39. The molecular weight excluding hydrogens is 537 g/mol. The van der Waals surface area contributed by atoms with Crippen LogP contribution in [0.4, 0.5) is 11.6 Å². The summed E-state index contributed by atoms with van der Waals surface area (Å²) in [5.41, 5.74) is 3.88. The first-order valence-corrected chi connectivity index (χ1v) is 13.9. The van der Waals surface area contributed by atoms with Crippen LogP contribution in [0, 0.1) is 0 Å². The number of carbonyl (C=O) groups excluding carboxylic acids is 1. The summed E-state index contributed by atoms with van der Waals surface area (Å²) in [5, 5.41) is 13.7. The van der Waals surface area contributed by atoms with E-state index in [-0.39, 0.29) is 36.7 Å². The van der Waals surface area contributed by atoms with E-state index in [2.05, 4.69) is 10.2 Å². The second-order valence-electron chi connectivity index (χ2n) is 10.4. The van der Waals surface area contributed by atoms with Gasteiger partial charge in [-0.05, 0) is 69.2 Å². The minimum Gasteiger partial charge on any atom is -0.394 e. The van der Waals surface area contributed by atoms with Crippen LogP contribution in [0.25, 0.3) is 5.69 Å². The van der Waals surface area contributed by atoms with Crippen LogP contribution < -0.4 is 15.8 Å². The van der Waals surface area contributed by atoms with E-state index in [9.17, 15) is 14.7 Å². The lowest BCUT2D eigenvalue weighted by Crippen LogP contribution is -2.38. The highest BCUT2D eigenvalue weighted by atomic mass is 35.5. The van der Waals surface area contributed by atoms with Gasteiger partial charge in [0.15, 0.2) is 12.3 Å². The number of hydrogen-bond donors (Lipinski definition) is 2. The minimum absolute atomic E-state index is 0.0289. The van der Waals surface area contributed by atoms with Crippen LogP contribution >= 0.6 is 23.2 Å². The molecule has 1 atom stereocenters. The Kier molecular flexibility index (Phi) is 7.80.